The van der Waals surface area contributed by atoms with Gasteiger partial charge < -0.3 is 16.0 Å². The van der Waals surface area contributed by atoms with Gasteiger partial charge in [-0.3, -0.25) is 9.59 Å². The Morgan fingerprint density at radius 2 is 2.00 bits per heavy atom. The van der Waals surface area contributed by atoms with Gasteiger partial charge in [0.15, 0.2) is 0 Å². The van der Waals surface area contributed by atoms with E-state index in [4.69, 9.17) is 0 Å². The van der Waals surface area contributed by atoms with Crippen LogP contribution in [0.4, 0.5) is 0 Å². The monoisotopic (exact) mass is 241 g/mol. The summed E-state index contributed by atoms with van der Waals surface area (Å²) in [5, 5.41) is 8.62. The topological polar surface area (TPSA) is 70.2 Å². The quantitative estimate of drug-likeness (QED) is 0.620. The average molecular weight is 241 g/mol. The third-order valence-corrected chi connectivity index (χ3v) is 3.48. The molecule has 1 saturated heterocycles. The maximum atomic E-state index is 11.9. The lowest BCUT2D eigenvalue weighted by Crippen LogP contribution is -2.51. The maximum absolute atomic E-state index is 11.9. The summed E-state index contributed by atoms with van der Waals surface area (Å²) in [6, 6.07) is 0. The maximum Gasteiger partial charge on any atom is 0.227 e. The van der Waals surface area contributed by atoms with Crippen molar-refractivity contribution in [1.82, 2.24) is 16.0 Å². The Morgan fingerprint density at radius 1 is 1.41 bits per heavy atom. The Labute approximate surface area is 103 Å². The molecule has 0 aromatic carbocycles. The second-order valence-corrected chi connectivity index (χ2v) is 5.39. The van der Waals surface area contributed by atoms with Crippen molar-refractivity contribution >= 4 is 11.8 Å². The minimum Gasteiger partial charge on any atom is -0.359 e. The van der Waals surface area contributed by atoms with Gasteiger partial charge >= 0.3 is 0 Å². The van der Waals surface area contributed by atoms with Crippen molar-refractivity contribution in [2.75, 3.05) is 26.7 Å². The zero-order valence-corrected chi connectivity index (χ0v) is 11.1. The molecule has 2 amide bonds. The molecular weight excluding hydrogens is 218 g/mol. The molecule has 1 aliphatic rings. The van der Waals surface area contributed by atoms with Gasteiger partial charge in [-0.15, -0.1) is 0 Å². The lowest BCUT2D eigenvalue weighted by molar-refractivity contribution is -0.130. The average Bonchev–Trinajstić information content (AvgIpc) is 2.22. The highest BCUT2D eigenvalue weighted by atomic mass is 16.2. The van der Waals surface area contributed by atoms with Crippen LogP contribution in [0.3, 0.4) is 0 Å². The Morgan fingerprint density at radius 3 is 2.41 bits per heavy atom. The molecule has 1 aliphatic heterocycles. The molecule has 5 nitrogen and oxygen atoms in total. The van der Waals surface area contributed by atoms with Crippen LogP contribution < -0.4 is 16.0 Å². The highest BCUT2D eigenvalue weighted by molar-refractivity contribution is 5.83. The van der Waals surface area contributed by atoms with E-state index in [1.807, 2.05) is 20.8 Å². The predicted octanol–water partition coefficient (Wildman–Crippen LogP) is -0.270. The summed E-state index contributed by atoms with van der Waals surface area (Å²) in [5.74, 6) is 0.416. The van der Waals surface area contributed by atoms with Crippen LogP contribution in [0, 0.1) is 17.3 Å². The summed E-state index contributed by atoms with van der Waals surface area (Å²) in [6.07, 6.45) is 0. The minimum atomic E-state index is -0.567. The fourth-order valence-corrected chi connectivity index (χ4v) is 1.77. The van der Waals surface area contributed by atoms with Crippen molar-refractivity contribution in [3.63, 3.8) is 0 Å². The summed E-state index contributed by atoms with van der Waals surface area (Å²) in [5.41, 5.74) is -0.567. The van der Waals surface area contributed by atoms with Gasteiger partial charge in [0.25, 0.3) is 0 Å². The number of hydrogen-bond acceptors (Lipinski definition) is 3. The molecule has 1 rings (SSSR count). The van der Waals surface area contributed by atoms with Gasteiger partial charge in [-0.2, -0.15) is 0 Å². The van der Waals surface area contributed by atoms with Crippen LogP contribution in [0.5, 0.6) is 0 Å². The molecule has 5 heteroatoms. The van der Waals surface area contributed by atoms with Crippen LogP contribution in [0.25, 0.3) is 0 Å². The summed E-state index contributed by atoms with van der Waals surface area (Å²) in [4.78, 5) is 23.4. The molecule has 0 aromatic heterocycles. The predicted molar refractivity (Wildman–Crippen MR) is 66.4 cm³/mol. The molecule has 0 bridgehead atoms. The number of hydrogen-bond donors (Lipinski definition) is 3. The number of rotatable bonds is 5. The van der Waals surface area contributed by atoms with Crippen molar-refractivity contribution in [1.29, 1.82) is 0 Å². The molecule has 17 heavy (non-hydrogen) atoms. The smallest absolute Gasteiger partial charge is 0.227 e. The Hall–Kier alpha value is -1.10. The lowest BCUT2D eigenvalue weighted by Gasteiger charge is -2.32. The zero-order chi connectivity index (χ0) is 13.1. The van der Waals surface area contributed by atoms with E-state index in [0.717, 1.165) is 13.1 Å². The number of carbonyl (C=O) groups excluding carboxylic acids is 2. The SMILES string of the molecule is CNC(=O)C(C)(C)CNC(=O)C(C)C1CNC1. The van der Waals surface area contributed by atoms with Crippen molar-refractivity contribution < 1.29 is 9.59 Å². The molecule has 0 aromatic rings. The number of amides is 2. The third-order valence-electron chi connectivity index (χ3n) is 3.48. The second kappa shape index (κ2) is 5.49. The van der Waals surface area contributed by atoms with Crippen molar-refractivity contribution in [2.24, 2.45) is 17.3 Å². The Kier molecular flexibility index (Phi) is 4.51. The summed E-state index contributed by atoms with van der Waals surface area (Å²) in [7, 11) is 1.61. The first-order chi connectivity index (χ1) is 7.88. The summed E-state index contributed by atoms with van der Waals surface area (Å²) < 4.78 is 0. The van der Waals surface area contributed by atoms with Crippen LogP contribution >= 0.6 is 0 Å². The first-order valence-corrected chi connectivity index (χ1v) is 6.09. The summed E-state index contributed by atoms with van der Waals surface area (Å²) >= 11 is 0. The highest BCUT2D eigenvalue weighted by Crippen LogP contribution is 2.17. The molecule has 98 valence electrons. The largest absolute Gasteiger partial charge is 0.359 e. The van der Waals surface area contributed by atoms with Crippen LogP contribution in [0.15, 0.2) is 0 Å². The van der Waals surface area contributed by atoms with Crippen LogP contribution in [0.2, 0.25) is 0 Å². The minimum absolute atomic E-state index is 0.0109. The van der Waals surface area contributed by atoms with E-state index in [1.54, 1.807) is 7.05 Å². The van der Waals surface area contributed by atoms with E-state index in [0.29, 0.717) is 12.5 Å². The second-order valence-electron chi connectivity index (χ2n) is 5.39. The molecule has 3 N–H and O–H groups in total. The van der Waals surface area contributed by atoms with Crippen LogP contribution in [0.1, 0.15) is 20.8 Å². The van der Waals surface area contributed by atoms with E-state index in [9.17, 15) is 9.59 Å². The van der Waals surface area contributed by atoms with Gasteiger partial charge in [0.1, 0.15) is 0 Å². The Bertz CT molecular complexity index is 298. The zero-order valence-electron chi connectivity index (χ0n) is 11.1. The van der Waals surface area contributed by atoms with Gasteiger partial charge in [0.2, 0.25) is 11.8 Å². The van der Waals surface area contributed by atoms with E-state index >= 15 is 0 Å². The normalized spacial score (nSPS) is 18.1. The van der Waals surface area contributed by atoms with Crippen molar-refractivity contribution in [3.05, 3.63) is 0 Å². The Balaban J connectivity index is 2.38. The first-order valence-electron chi connectivity index (χ1n) is 6.09. The van der Waals surface area contributed by atoms with Gasteiger partial charge in [-0.1, -0.05) is 6.92 Å². The first kappa shape index (κ1) is 14.0. The third kappa shape index (κ3) is 3.43. The van der Waals surface area contributed by atoms with Crippen LogP contribution in [-0.4, -0.2) is 38.5 Å². The molecule has 0 aliphatic carbocycles. The number of nitrogens with one attached hydrogen (secondary N) is 3. The molecular formula is C12H23N3O2. The molecule has 0 spiro atoms. The van der Waals surface area contributed by atoms with Gasteiger partial charge in [-0.05, 0) is 32.9 Å². The van der Waals surface area contributed by atoms with E-state index in [1.165, 1.54) is 0 Å². The standard InChI is InChI=1S/C12H23N3O2/c1-8(9-5-14-6-9)10(16)15-7-12(2,3)11(17)13-4/h8-9,14H,5-7H2,1-4H3,(H,13,17)(H,15,16). The van der Waals surface area contributed by atoms with Gasteiger partial charge in [0.05, 0.1) is 5.41 Å². The van der Waals surface area contributed by atoms with E-state index in [-0.39, 0.29) is 17.7 Å². The van der Waals surface area contributed by atoms with E-state index in [2.05, 4.69) is 16.0 Å². The molecule has 1 unspecified atom stereocenters. The molecule has 1 atom stereocenters. The highest BCUT2D eigenvalue weighted by Gasteiger charge is 2.31. The van der Waals surface area contributed by atoms with E-state index < -0.39 is 5.41 Å². The van der Waals surface area contributed by atoms with Gasteiger partial charge in [0, 0.05) is 19.5 Å². The molecule has 1 fully saturated rings. The summed E-state index contributed by atoms with van der Waals surface area (Å²) in [6.45, 7) is 7.77. The van der Waals surface area contributed by atoms with Crippen molar-refractivity contribution in [3.8, 4) is 0 Å². The van der Waals surface area contributed by atoms with Crippen LogP contribution in [-0.2, 0) is 9.59 Å². The van der Waals surface area contributed by atoms with Gasteiger partial charge in [-0.25, -0.2) is 0 Å². The molecule has 0 saturated carbocycles. The lowest BCUT2D eigenvalue weighted by atomic mass is 9.87. The fourth-order valence-electron chi connectivity index (χ4n) is 1.77. The fraction of sp³-hybridized carbons (Fsp3) is 0.833. The van der Waals surface area contributed by atoms with Crippen molar-refractivity contribution in [2.45, 2.75) is 20.8 Å². The molecule has 0 radical (unpaired) electrons. The molecule has 1 heterocycles. The number of carbonyl (C=O) groups is 2.